The number of carbonyl (C=O) groups excluding carboxylic acids is 1. The van der Waals surface area contributed by atoms with Crippen LogP contribution in [0.3, 0.4) is 0 Å². The molecule has 0 bridgehead atoms. The third kappa shape index (κ3) is 3.94. The summed E-state index contributed by atoms with van der Waals surface area (Å²) in [5.41, 5.74) is 0. The van der Waals surface area contributed by atoms with Gasteiger partial charge in [0.1, 0.15) is 0 Å². The van der Waals surface area contributed by atoms with Crippen molar-refractivity contribution in [2.75, 3.05) is 13.2 Å². The maximum atomic E-state index is 11.0. The van der Waals surface area contributed by atoms with Crippen molar-refractivity contribution in [2.45, 2.75) is 13.3 Å². The lowest BCUT2D eigenvalue weighted by atomic mass is 10.0. The standard InChI is InChI=1S/C9H15O2/c1-4-8(7-11-6-3)9(10)5-2/h5,8H,2-4,6-7H2,1H3. The van der Waals surface area contributed by atoms with Crippen molar-refractivity contribution in [1.29, 1.82) is 0 Å². The Morgan fingerprint density at radius 1 is 1.73 bits per heavy atom. The molecule has 0 N–H and O–H groups in total. The van der Waals surface area contributed by atoms with Gasteiger partial charge in [0, 0.05) is 12.5 Å². The van der Waals surface area contributed by atoms with Gasteiger partial charge in [-0.05, 0) is 19.4 Å². The van der Waals surface area contributed by atoms with Crippen molar-refractivity contribution in [2.24, 2.45) is 5.92 Å². The first-order valence-electron chi connectivity index (χ1n) is 3.79. The van der Waals surface area contributed by atoms with Gasteiger partial charge >= 0.3 is 0 Å². The molecular formula is C9H15O2. The van der Waals surface area contributed by atoms with Crippen molar-refractivity contribution in [3.05, 3.63) is 19.6 Å². The highest BCUT2D eigenvalue weighted by molar-refractivity contribution is 5.91. The first-order chi connectivity index (χ1) is 5.26. The quantitative estimate of drug-likeness (QED) is 0.545. The molecule has 0 aliphatic heterocycles. The number of carbonyl (C=O) groups is 1. The zero-order valence-electron chi connectivity index (χ0n) is 7.01. The summed E-state index contributed by atoms with van der Waals surface area (Å²) in [4.78, 5) is 11.0. The normalized spacial score (nSPS) is 12.5. The summed E-state index contributed by atoms with van der Waals surface area (Å²) >= 11 is 0. The summed E-state index contributed by atoms with van der Waals surface area (Å²) in [5, 5.41) is 0. The van der Waals surface area contributed by atoms with E-state index in [0.717, 1.165) is 6.42 Å². The smallest absolute Gasteiger partial charge is 0.160 e. The van der Waals surface area contributed by atoms with Gasteiger partial charge in [0.2, 0.25) is 0 Å². The number of hydrogen-bond donors (Lipinski definition) is 0. The van der Waals surface area contributed by atoms with E-state index in [1.54, 1.807) is 0 Å². The average molecular weight is 155 g/mol. The van der Waals surface area contributed by atoms with Crippen LogP contribution in [-0.4, -0.2) is 19.0 Å². The zero-order chi connectivity index (χ0) is 8.69. The molecule has 0 aliphatic rings. The van der Waals surface area contributed by atoms with Crippen LogP contribution in [0.25, 0.3) is 0 Å². The molecular weight excluding hydrogens is 140 g/mol. The largest absolute Gasteiger partial charge is 0.381 e. The zero-order valence-corrected chi connectivity index (χ0v) is 7.01. The third-order valence-corrected chi connectivity index (χ3v) is 1.56. The molecule has 0 rings (SSSR count). The number of ether oxygens (including phenoxy) is 1. The van der Waals surface area contributed by atoms with Crippen molar-refractivity contribution in [3.8, 4) is 0 Å². The highest BCUT2D eigenvalue weighted by Gasteiger charge is 2.12. The summed E-state index contributed by atoms with van der Waals surface area (Å²) in [6.07, 6.45) is 2.14. The van der Waals surface area contributed by atoms with Crippen LogP contribution in [0.5, 0.6) is 0 Å². The van der Waals surface area contributed by atoms with Crippen LogP contribution in [0.1, 0.15) is 13.3 Å². The van der Waals surface area contributed by atoms with Gasteiger partial charge < -0.3 is 4.74 Å². The van der Waals surface area contributed by atoms with Crippen LogP contribution in [0.4, 0.5) is 0 Å². The highest BCUT2D eigenvalue weighted by atomic mass is 16.5. The Morgan fingerprint density at radius 3 is 2.73 bits per heavy atom. The topological polar surface area (TPSA) is 26.3 Å². The summed E-state index contributed by atoms with van der Waals surface area (Å²) in [7, 11) is 0. The molecule has 63 valence electrons. The predicted octanol–water partition coefficient (Wildman–Crippen LogP) is 1.62. The monoisotopic (exact) mass is 155 g/mol. The highest BCUT2D eigenvalue weighted by Crippen LogP contribution is 2.04. The van der Waals surface area contributed by atoms with Crippen LogP contribution < -0.4 is 0 Å². The van der Waals surface area contributed by atoms with Gasteiger partial charge in [-0.3, -0.25) is 4.79 Å². The molecule has 2 nitrogen and oxygen atoms in total. The summed E-state index contributed by atoms with van der Waals surface area (Å²) in [6.45, 7) is 9.77. The molecule has 0 spiro atoms. The van der Waals surface area contributed by atoms with Crippen molar-refractivity contribution >= 4 is 5.78 Å². The predicted molar refractivity (Wildman–Crippen MR) is 45.2 cm³/mol. The maximum Gasteiger partial charge on any atom is 0.160 e. The Kier molecular flexibility index (Phi) is 5.75. The van der Waals surface area contributed by atoms with E-state index in [9.17, 15) is 4.79 Å². The molecule has 1 atom stereocenters. The van der Waals surface area contributed by atoms with Gasteiger partial charge in [0.05, 0.1) is 6.61 Å². The minimum Gasteiger partial charge on any atom is -0.381 e. The Balaban J connectivity index is 3.74. The first-order valence-corrected chi connectivity index (χ1v) is 3.79. The van der Waals surface area contributed by atoms with E-state index in [-0.39, 0.29) is 11.7 Å². The Hall–Kier alpha value is -0.630. The van der Waals surface area contributed by atoms with E-state index in [1.807, 2.05) is 6.92 Å². The molecule has 0 saturated heterocycles. The third-order valence-electron chi connectivity index (χ3n) is 1.56. The first kappa shape index (κ1) is 10.4. The molecule has 0 aromatic carbocycles. The molecule has 11 heavy (non-hydrogen) atoms. The fourth-order valence-corrected chi connectivity index (χ4v) is 0.793. The second-order valence-corrected chi connectivity index (χ2v) is 2.29. The second-order valence-electron chi connectivity index (χ2n) is 2.29. The summed E-state index contributed by atoms with van der Waals surface area (Å²) in [5.74, 6) is 0.0233. The maximum absolute atomic E-state index is 11.0. The molecule has 0 aliphatic carbocycles. The Bertz CT molecular complexity index is 130. The van der Waals surface area contributed by atoms with Crippen LogP contribution in [0.15, 0.2) is 12.7 Å². The van der Waals surface area contributed by atoms with Crippen molar-refractivity contribution in [3.63, 3.8) is 0 Å². The van der Waals surface area contributed by atoms with Crippen molar-refractivity contribution < 1.29 is 9.53 Å². The van der Waals surface area contributed by atoms with E-state index < -0.39 is 0 Å². The SMILES string of the molecule is [CH2]COCC(CC)C(=O)C=C. The van der Waals surface area contributed by atoms with Crippen LogP contribution in [-0.2, 0) is 9.53 Å². The van der Waals surface area contributed by atoms with Gasteiger partial charge in [-0.15, -0.1) is 0 Å². The lowest BCUT2D eigenvalue weighted by molar-refractivity contribution is -0.120. The second kappa shape index (κ2) is 6.10. The molecule has 0 saturated carbocycles. The van der Waals surface area contributed by atoms with Crippen LogP contribution >= 0.6 is 0 Å². The van der Waals surface area contributed by atoms with Gasteiger partial charge in [0.15, 0.2) is 5.78 Å². The number of rotatable bonds is 6. The van der Waals surface area contributed by atoms with E-state index in [0.29, 0.717) is 13.2 Å². The van der Waals surface area contributed by atoms with Gasteiger partial charge in [-0.2, -0.15) is 0 Å². The Labute approximate surface area is 68.2 Å². The molecule has 0 aromatic rings. The van der Waals surface area contributed by atoms with E-state index >= 15 is 0 Å². The Morgan fingerprint density at radius 2 is 2.36 bits per heavy atom. The fourth-order valence-electron chi connectivity index (χ4n) is 0.793. The van der Waals surface area contributed by atoms with E-state index in [4.69, 9.17) is 4.74 Å². The average Bonchev–Trinajstić information content (AvgIpc) is 2.05. The minimum atomic E-state index is -0.0331. The van der Waals surface area contributed by atoms with E-state index in [1.165, 1.54) is 6.08 Å². The fraction of sp³-hybridized carbons (Fsp3) is 0.556. The number of allylic oxidation sites excluding steroid dienone is 1. The van der Waals surface area contributed by atoms with E-state index in [2.05, 4.69) is 13.5 Å². The molecule has 0 amide bonds. The number of hydrogen-bond acceptors (Lipinski definition) is 2. The molecule has 1 radical (unpaired) electrons. The van der Waals surface area contributed by atoms with Gasteiger partial charge in [-0.25, -0.2) is 0 Å². The minimum absolute atomic E-state index is 0.0331. The molecule has 0 fully saturated rings. The molecule has 0 aromatic heterocycles. The van der Waals surface area contributed by atoms with Gasteiger partial charge in [0.25, 0.3) is 0 Å². The molecule has 2 heteroatoms. The van der Waals surface area contributed by atoms with Gasteiger partial charge in [-0.1, -0.05) is 13.5 Å². The van der Waals surface area contributed by atoms with Crippen LogP contribution in [0.2, 0.25) is 0 Å². The summed E-state index contributed by atoms with van der Waals surface area (Å²) in [6, 6.07) is 0. The number of ketones is 1. The lowest BCUT2D eigenvalue weighted by Crippen LogP contribution is -2.17. The van der Waals surface area contributed by atoms with Crippen LogP contribution in [0, 0.1) is 12.8 Å². The van der Waals surface area contributed by atoms with Crippen molar-refractivity contribution in [1.82, 2.24) is 0 Å². The lowest BCUT2D eigenvalue weighted by Gasteiger charge is -2.09. The summed E-state index contributed by atoms with van der Waals surface area (Å²) < 4.78 is 5.03. The molecule has 0 heterocycles. The molecule has 1 unspecified atom stereocenters.